The molecular weight excluding hydrogens is 175 g/mol. The summed E-state index contributed by atoms with van der Waals surface area (Å²) in [6.07, 6.45) is 2.03. The van der Waals surface area contributed by atoms with Crippen molar-refractivity contribution in [2.75, 3.05) is 0 Å². The average Bonchev–Trinajstić information content (AvgIpc) is 2.21. The molecule has 0 aliphatic heterocycles. The van der Waals surface area contributed by atoms with E-state index in [9.17, 15) is 4.70 Å². The van der Waals surface area contributed by atoms with Crippen LogP contribution in [0, 0.1) is 59.4 Å². The molecule has 14 heavy (non-hydrogen) atoms. The molecular formula is C11H3BO2. The van der Waals surface area contributed by atoms with Gasteiger partial charge in [-0.2, -0.15) is 0 Å². The zero-order chi connectivity index (χ0) is 10.5. The van der Waals surface area contributed by atoms with Gasteiger partial charge in [0.1, 0.15) is 0 Å². The van der Waals surface area contributed by atoms with Gasteiger partial charge in [0, 0.05) is 0 Å². The molecule has 62 valence electrons. The second-order valence-corrected chi connectivity index (χ2v) is 1.57. The van der Waals surface area contributed by atoms with Crippen LogP contribution >= 0.6 is 0 Å². The fraction of sp³-hybridized carbons (Fsp3) is 0.0909. The third kappa shape index (κ3) is 9.46. The maximum atomic E-state index is 9.61. The fourth-order valence-corrected chi connectivity index (χ4v) is 0.329. The molecule has 0 spiro atoms. The molecule has 0 N–H and O–H groups in total. The Kier molecular flexibility index (Phi) is 8.57. The second-order valence-electron chi connectivity index (χ2n) is 1.57. The SMILES string of the molecule is CC#CC#CC#CC#CC#COB=O. The normalized spacial score (nSPS) is 4.07. The van der Waals surface area contributed by atoms with Crippen LogP contribution in [0.1, 0.15) is 6.92 Å². The molecule has 0 atom stereocenters. The van der Waals surface area contributed by atoms with E-state index in [1.165, 1.54) is 0 Å². The summed E-state index contributed by atoms with van der Waals surface area (Å²) in [5.74, 6) is 21.9. The van der Waals surface area contributed by atoms with E-state index in [0.717, 1.165) is 0 Å². The van der Waals surface area contributed by atoms with Crippen molar-refractivity contribution < 1.29 is 9.36 Å². The van der Waals surface area contributed by atoms with Crippen molar-refractivity contribution in [2.45, 2.75) is 6.92 Å². The van der Waals surface area contributed by atoms with Crippen LogP contribution in [0.15, 0.2) is 0 Å². The molecule has 0 aliphatic rings. The van der Waals surface area contributed by atoms with Crippen LogP contribution in [0.4, 0.5) is 0 Å². The number of hydrogen-bond donors (Lipinski definition) is 0. The van der Waals surface area contributed by atoms with Crippen LogP contribution in [0.3, 0.4) is 0 Å². The summed E-state index contributed by atoms with van der Waals surface area (Å²) in [7, 11) is 0.218. The van der Waals surface area contributed by atoms with E-state index in [2.05, 4.69) is 57.9 Å². The Morgan fingerprint density at radius 2 is 1.36 bits per heavy atom. The van der Waals surface area contributed by atoms with Gasteiger partial charge >= 0.3 is 83.0 Å². The molecule has 0 saturated carbocycles. The molecule has 0 saturated heterocycles. The molecule has 0 rings (SSSR count). The molecule has 0 unspecified atom stereocenters. The van der Waals surface area contributed by atoms with Crippen LogP contribution in [0.5, 0.6) is 0 Å². The Balaban J connectivity index is 4.04. The van der Waals surface area contributed by atoms with Crippen molar-refractivity contribution >= 4 is 7.35 Å². The second kappa shape index (κ2) is 10.5. The fourth-order valence-electron chi connectivity index (χ4n) is 0.329. The van der Waals surface area contributed by atoms with Crippen LogP contribution in [-0.2, 0) is 9.36 Å². The molecule has 2 nitrogen and oxygen atoms in total. The molecule has 0 aromatic heterocycles. The van der Waals surface area contributed by atoms with E-state index in [-0.39, 0.29) is 7.35 Å². The van der Waals surface area contributed by atoms with E-state index in [1.54, 1.807) is 6.92 Å². The molecule has 0 radical (unpaired) electrons. The van der Waals surface area contributed by atoms with Crippen molar-refractivity contribution in [2.24, 2.45) is 0 Å². The maximum absolute atomic E-state index is 9.61. The molecule has 0 aliphatic carbocycles. The third-order valence-corrected chi connectivity index (χ3v) is 0.721. The Labute approximate surface area is 83.7 Å². The van der Waals surface area contributed by atoms with Gasteiger partial charge in [0.2, 0.25) is 0 Å². The van der Waals surface area contributed by atoms with Gasteiger partial charge in [-0.05, 0) is 0 Å². The molecule has 0 heterocycles. The molecule has 0 aromatic rings. The monoisotopic (exact) mass is 178 g/mol. The van der Waals surface area contributed by atoms with Gasteiger partial charge in [0.25, 0.3) is 0 Å². The van der Waals surface area contributed by atoms with Gasteiger partial charge in [0.05, 0.1) is 0 Å². The zero-order valence-corrected chi connectivity index (χ0v) is 7.39. The van der Waals surface area contributed by atoms with Crippen molar-refractivity contribution in [1.29, 1.82) is 0 Å². The molecule has 0 fully saturated rings. The minimum atomic E-state index is 0.218. The summed E-state index contributed by atoms with van der Waals surface area (Å²) >= 11 is 0. The van der Waals surface area contributed by atoms with Crippen LogP contribution in [0.25, 0.3) is 0 Å². The predicted molar refractivity (Wildman–Crippen MR) is 52.1 cm³/mol. The zero-order valence-electron chi connectivity index (χ0n) is 7.39. The first-order valence-corrected chi connectivity index (χ1v) is 3.43. The van der Waals surface area contributed by atoms with E-state index < -0.39 is 0 Å². The van der Waals surface area contributed by atoms with Crippen molar-refractivity contribution in [3.8, 4) is 59.4 Å². The first-order valence-electron chi connectivity index (χ1n) is 3.43. The van der Waals surface area contributed by atoms with Gasteiger partial charge in [-0.15, -0.1) is 0 Å². The van der Waals surface area contributed by atoms with Crippen LogP contribution in [0.2, 0.25) is 0 Å². The molecule has 0 amide bonds. The molecule has 3 heteroatoms. The Bertz CT molecular complexity index is 490. The Hall–Kier alpha value is -2.54. The van der Waals surface area contributed by atoms with E-state index in [0.29, 0.717) is 0 Å². The van der Waals surface area contributed by atoms with Gasteiger partial charge in [-0.3, -0.25) is 0 Å². The summed E-state index contributed by atoms with van der Waals surface area (Å²) < 4.78 is 13.7. The minimum absolute atomic E-state index is 0.218. The average molecular weight is 178 g/mol. The topological polar surface area (TPSA) is 26.3 Å². The van der Waals surface area contributed by atoms with E-state index in [1.807, 2.05) is 6.11 Å². The van der Waals surface area contributed by atoms with E-state index >= 15 is 0 Å². The Morgan fingerprint density at radius 3 is 1.86 bits per heavy atom. The summed E-state index contributed by atoms with van der Waals surface area (Å²) in [4.78, 5) is 0. The predicted octanol–water partition coefficient (Wildman–Crippen LogP) is -0.0379. The van der Waals surface area contributed by atoms with Crippen molar-refractivity contribution in [1.82, 2.24) is 0 Å². The molecule has 0 bridgehead atoms. The first kappa shape index (κ1) is 11.5. The van der Waals surface area contributed by atoms with Crippen molar-refractivity contribution in [3.05, 3.63) is 0 Å². The van der Waals surface area contributed by atoms with Gasteiger partial charge in [-0.25, -0.2) is 0 Å². The number of hydrogen-bond acceptors (Lipinski definition) is 2. The van der Waals surface area contributed by atoms with E-state index in [4.69, 9.17) is 0 Å². The summed E-state index contributed by atoms with van der Waals surface area (Å²) in [5.41, 5.74) is 0. The third-order valence-electron chi connectivity index (χ3n) is 0.721. The summed E-state index contributed by atoms with van der Waals surface area (Å²) in [6, 6.07) is 0. The first-order chi connectivity index (χ1) is 6.91. The summed E-state index contributed by atoms with van der Waals surface area (Å²) in [5, 5.41) is 0. The molecule has 0 aromatic carbocycles. The Morgan fingerprint density at radius 1 is 0.857 bits per heavy atom. The van der Waals surface area contributed by atoms with Gasteiger partial charge in [0.15, 0.2) is 0 Å². The number of rotatable bonds is 1. The summed E-state index contributed by atoms with van der Waals surface area (Å²) in [6.45, 7) is 1.69. The van der Waals surface area contributed by atoms with Crippen LogP contribution in [-0.4, -0.2) is 7.35 Å². The van der Waals surface area contributed by atoms with Crippen LogP contribution < -0.4 is 0 Å². The van der Waals surface area contributed by atoms with Crippen molar-refractivity contribution in [3.63, 3.8) is 0 Å². The van der Waals surface area contributed by atoms with Gasteiger partial charge < -0.3 is 0 Å². The van der Waals surface area contributed by atoms with Gasteiger partial charge in [-0.1, -0.05) is 0 Å². The quantitative estimate of drug-likeness (QED) is 0.416. The standard InChI is InChI=1S/C11H3BO2/c1-2-3-4-5-6-7-8-9-10-11-14-12-13/h1H3.